The molecule has 0 amide bonds. The molecule has 0 saturated carbocycles. The fourth-order valence-corrected chi connectivity index (χ4v) is 4.18. The Hall–Kier alpha value is -1.45. The first-order valence-electron chi connectivity index (χ1n) is 7.03. The van der Waals surface area contributed by atoms with Crippen LogP contribution in [0.25, 0.3) is 0 Å². The summed E-state index contributed by atoms with van der Waals surface area (Å²) in [6, 6.07) is 5.37. The molecule has 114 valence electrons. The number of piperidine rings is 1. The summed E-state index contributed by atoms with van der Waals surface area (Å²) < 4.78 is 40.2. The molecule has 1 fully saturated rings. The molecular weight excluding hydrogens is 291 g/mol. The third kappa shape index (κ3) is 2.94. The first-order valence-corrected chi connectivity index (χ1v) is 8.47. The zero-order chi connectivity index (χ0) is 15.7. The van der Waals surface area contributed by atoms with E-state index in [2.05, 4.69) is 13.8 Å². The minimum absolute atomic E-state index is 0.159. The van der Waals surface area contributed by atoms with E-state index in [-0.39, 0.29) is 10.3 Å². The van der Waals surface area contributed by atoms with E-state index in [4.69, 9.17) is 5.26 Å². The van der Waals surface area contributed by atoms with Crippen molar-refractivity contribution in [1.82, 2.24) is 4.31 Å². The summed E-state index contributed by atoms with van der Waals surface area (Å²) in [7, 11) is -3.81. The Labute approximate surface area is 125 Å². The van der Waals surface area contributed by atoms with Crippen molar-refractivity contribution in [1.29, 1.82) is 5.26 Å². The molecule has 0 aromatic heterocycles. The van der Waals surface area contributed by atoms with E-state index < -0.39 is 21.4 Å². The third-order valence-corrected chi connectivity index (χ3v) is 6.43. The van der Waals surface area contributed by atoms with Crippen molar-refractivity contribution in [2.75, 3.05) is 13.1 Å². The highest BCUT2D eigenvalue weighted by Crippen LogP contribution is 2.36. The van der Waals surface area contributed by atoms with Crippen LogP contribution in [0.3, 0.4) is 0 Å². The molecule has 1 aromatic carbocycles. The number of hydrogen-bond acceptors (Lipinski definition) is 3. The number of rotatable bonds is 3. The zero-order valence-corrected chi connectivity index (χ0v) is 13.1. The summed E-state index contributed by atoms with van der Waals surface area (Å²) in [5.74, 6) is -0.797. The van der Waals surface area contributed by atoms with Crippen molar-refractivity contribution < 1.29 is 12.8 Å². The lowest BCUT2D eigenvalue weighted by Gasteiger charge is -2.38. The first kappa shape index (κ1) is 15.9. The molecule has 0 N–H and O–H groups in total. The van der Waals surface area contributed by atoms with Crippen molar-refractivity contribution in [3.05, 3.63) is 29.6 Å². The number of nitrogens with zero attached hydrogens (tertiary/aromatic N) is 2. The lowest BCUT2D eigenvalue weighted by molar-refractivity contribution is 0.169. The smallest absolute Gasteiger partial charge is 0.207 e. The fourth-order valence-electron chi connectivity index (χ4n) is 2.59. The van der Waals surface area contributed by atoms with Gasteiger partial charge in [0.2, 0.25) is 10.0 Å². The zero-order valence-electron chi connectivity index (χ0n) is 12.3. The highest BCUT2D eigenvalue weighted by atomic mass is 32.2. The van der Waals surface area contributed by atoms with Crippen molar-refractivity contribution in [3.8, 4) is 6.07 Å². The average Bonchev–Trinajstić information content (AvgIpc) is 2.47. The largest absolute Gasteiger partial charge is 0.244 e. The van der Waals surface area contributed by atoms with E-state index in [1.54, 1.807) is 6.07 Å². The van der Waals surface area contributed by atoms with Gasteiger partial charge >= 0.3 is 0 Å². The van der Waals surface area contributed by atoms with Gasteiger partial charge in [0.25, 0.3) is 0 Å². The molecular formula is C15H19FN2O2S. The van der Waals surface area contributed by atoms with Crippen LogP contribution in [0.4, 0.5) is 4.39 Å². The van der Waals surface area contributed by atoms with Gasteiger partial charge in [0.1, 0.15) is 22.3 Å². The molecule has 1 aromatic rings. The van der Waals surface area contributed by atoms with Crippen LogP contribution in [0.1, 0.15) is 38.7 Å². The summed E-state index contributed by atoms with van der Waals surface area (Å²) in [6.45, 7) is 5.08. The molecule has 0 unspecified atom stereocenters. The Morgan fingerprint density at radius 3 is 2.52 bits per heavy atom. The van der Waals surface area contributed by atoms with Gasteiger partial charge in [0, 0.05) is 13.1 Å². The minimum atomic E-state index is -3.81. The molecule has 0 bridgehead atoms. The quantitative estimate of drug-likeness (QED) is 0.862. The molecule has 2 rings (SSSR count). The number of halogens is 1. The molecule has 0 atom stereocenters. The maximum Gasteiger partial charge on any atom is 0.244 e. The van der Waals surface area contributed by atoms with Crippen LogP contribution in [0.2, 0.25) is 0 Å². The number of sulfonamides is 1. The third-order valence-electron chi connectivity index (χ3n) is 4.49. The van der Waals surface area contributed by atoms with Crippen LogP contribution in [0.15, 0.2) is 23.1 Å². The summed E-state index contributed by atoms with van der Waals surface area (Å²) >= 11 is 0. The second-order valence-electron chi connectivity index (χ2n) is 5.79. The predicted molar refractivity (Wildman–Crippen MR) is 77.5 cm³/mol. The molecule has 1 saturated heterocycles. The van der Waals surface area contributed by atoms with Crippen LogP contribution in [-0.2, 0) is 10.0 Å². The Morgan fingerprint density at radius 2 is 2.00 bits per heavy atom. The number of hydrogen-bond donors (Lipinski definition) is 0. The van der Waals surface area contributed by atoms with Crippen molar-refractivity contribution >= 4 is 10.0 Å². The maximum absolute atomic E-state index is 13.6. The number of nitriles is 1. The van der Waals surface area contributed by atoms with Crippen molar-refractivity contribution in [3.63, 3.8) is 0 Å². The highest BCUT2D eigenvalue weighted by Gasteiger charge is 2.35. The second-order valence-corrected chi connectivity index (χ2v) is 7.70. The van der Waals surface area contributed by atoms with E-state index in [9.17, 15) is 12.8 Å². The lowest BCUT2D eigenvalue weighted by Crippen LogP contribution is -2.42. The van der Waals surface area contributed by atoms with Gasteiger partial charge in [-0.05, 0) is 30.4 Å². The maximum atomic E-state index is 13.6. The molecule has 1 heterocycles. The van der Waals surface area contributed by atoms with Gasteiger partial charge in [0.05, 0.1) is 0 Å². The van der Waals surface area contributed by atoms with E-state index in [0.717, 1.165) is 25.3 Å². The number of benzene rings is 1. The highest BCUT2D eigenvalue weighted by molar-refractivity contribution is 7.89. The molecule has 21 heavy (non-hydrogen) atoms. The Balaban J connectivity index is 2.33. The SMILES string of the molecule is CCC1(C)CCN(S(=O)(=O)c2cccc(F)c2C#N)CC1. The van der Waals surface area contributed by atoms with Gasteiger partial charge in [-0.2, -0.15) is 9.57 Å². The van der Waals surface area contributed by atoms with Crippen LogP contribution in [0.5, 0.6) is 0 Å². The minimum Gasteiger partial charge on any atom is -0.207 e. The first-order chi connectivity index (χ1) is 9.84. The van der Waals surface area contributed by atoms with E-state index in [1.165, 1.54) is 16.4 Å². The standard InChI is InChI=1S/C15H19FN2O2S/c1-3-15(2)7-9-18(10-8-15)21(19,20)14-6-4-5-13(16)12(14)11-17/h4-6H,3,7-10H2,1-2H3. The van der Waals surface area contributed by atoms with Gasteiger partial charge in [-0.15, -0.1) is 0 Å². The molecule has 0 radical (unpaired) electrons. The van der Waals surface area contributed by atoms with E-state index in [1.807, 2.05) is 0 Å². The van der Waals surface area contributed by atoms with Gasteiger partial charge in [-0.25, -0.2) is 12.8 Å². The van der Waals surface area contributed by atoms with E-state index >= 15 is 0 Å². The van der Waals surface area contributed by atoms with Gasteiger partial charge < -0.3 is 0 Å². The Bertz CT molecular complexity index is 671. The van der Waals surface area contributed by atoms with Gasteiger partial charge in [-0.1, -0.05) is 26.3 Å². The molecule has 0 aliphatic carbocycles. The summed E-state index contributed by atoms with van der Waals surface area (Å²) in [4.78, 5) is -0.231. The van der Waals surface area contributed by atoms with Crippen LogP contribution >= 0.6 is 0 Å². The Morgan fingerprint density at radius 1 is 1.38 bits per heavy atom. The predicted octanol–water partition coefficient (Wildman–Crippen LogP) is 2.90. The second kappa shape index (κ2) is 5.74. The fraction of sp³-hybridized carbons (Fsp3) is 0.533. The molecule has 1 aliphatic heterocycles. The summed E-state index contributed by atoms with van der Waals surface area (Å²) in [5.41, 5.74) is -0.243. The van der Waals surface area contributed by atoms with Gasteiger partial charge in [-0.3, -0.25) is 0 Å². The lowest BCUT2D eigenvalue weighted by atomic mass is 9.79. The summed E-state index contributed by atoms with van der Waals surface area (Å²) in [6.07, 6.45) is 2.56. The summed E-state index contributed by atoms with van der Waals surface area (Å²) in [5, 5.41) is 9.01. The normalized spacial score (nSPS) is 19.1. The molecule has 4 nitrogen and oxygen atoms in total. The van der Waals surface area contributed by atoms with Crippen molar-refractivity contribution in [2.45, 2.75) is 38.0 Å². The molecule has 6 heteroatoms. The van der Waals surface area contributed by atoms with Crippen LogP contribution in [-0.4, -0.2) is 25.8 Å². The van der Waals surface area contributed by atoms with E-state index in [0.29, 0.717) is 13.1 Å². The van der Waals surface area contributed by atoms with Crippen LogP contribution in [0, 0.1) is 22.6 Å². The topological polar surface area (TPSA) is 61.2 Å². The Kier molecular flexibility index (Phi) is 4.35. The van der Waals surface area contributed by atoms with Crippen molar-refractivity contribution in [2.24, 2.45) is 5.41 Å². The average molecular weight is 310 g/mol. The molecule has 1 aliphatic rings. The molecule has 0 spiro atoms. The van der Waals surface area contributed by atoms with Crippen LogP contribution < -0.4 is 0 Å². The monoisotopic (exact) mass is 310 g/mol. The van der Waals surface area contributed by atoms with Gasteiger partial charge in [0.15, 0.2) is 0 Å².